The Hall–Kier alpha value is 0.0238. The minimum absolute atomic E-state index is 0.162. The summed E-state index contributed by atoms with van der Waals surface area (Å²) < 4.78 is 12.3. The molecule has 0 radical (unpaired) electrons. The van der Waals surface area contributed by atoms with Gasteiger partial charge in [0.15, 0.2) is 16.6 Å². The predicted molar refractivity (Wildman–Crippen MR) is 91.3 cm³/mol. The second kappa shape index (κ2) is 7.87. The Labute approximate surface area is 127 Å². The maximum absolute atomic E-state index is 11.3. The minimum Gasteiger partial charge on any atom is -0.414 e. The van der Waals surface area contributed by atoms with Crippen LogP contribution in [0.4, 0.5) is 0 Å². The number of hydrogen-bond donors (Lipinski definition) is 0. The lowest BCUT2D eigenvalue weighted by Crippen LogP contribution is -2.46. The largest absolute Gasteiger partial charge is 0.414 e. The Kier molecular flexibility index (Phi) is 7.88. The van der Waals surface area contributed by atoms with Crippen molar-refractivity contribution in [3.05, 3.63) is 0 Å². The molecule has 0 aliphatic heterocycles. The molecule has 1 atom stereocenters. The highest BCUT2D eigenvalue weighted by Crippen LogP contribution is 2.36. The van der Waals surface area contributed by atoms with E-state index in [4.69, 9.17) is 8.85 Å². The molecule has 120 valence electrons. The van der Waals surface area contributed by atoms with Crippen LogP contribution in [0, 0.1) is 0 Å². The summed E-state index contributed by atoms with van der Waals surface area (Å²) in [6, 6.07) is 3.18. The van der Waals surface area contributed by atoms with Crippen LogP contribution in [0.15, 0.2) is 0 Å². The third-order valence-corrected chi connectivity index (χ3v) is 14.1. The quantitative estimate of drug-likeness (QED) is 0.460. The van der Waals surface area contributed by atoms with E-state index in [2.05, 4.69) is 54.6 Å². The second-order valence-corrected chi connectivity index (χ2v) is 16.6. The van der Waals surface area contributed by atoms with Crippen LogP contribution < -0.4 is 0 Å². The Balaban J connectivity index is 4.69. The van der Waals surface area contributed by atoms with Gasteiger partial charge in [0.05, 0.1) is 6.61 Å². The summed E-state index contributed by atoms with van der Waals surface area (Å²) in [6.45, 7) is 18.0. The van der Waals surface area contributed by atoms with Gasteiger partial charge in [0.1, 0.15) is 12.4 Å². The van der Waals surface area contributed by atoms with Gasteiger partial charge in [-0.1, -0.05) is 41.5 Å². The molecule has 0 bridgehead atoms. The van der Waals surface area contributed by atoms with Crippen molar-refractivity contribution in [2.45, 2.75) is 83.9 Å². The summed E-state index contributed by atoms with van der Waals surface area (Å²) >= 11 is 0. The lowest BCUT2D eigenvalue weighted by molar-refractivity contribution is -0.115. The van der Waals surface area contributed by atoms with E-state index < -0.39 is 22.7 Å². The van der Waals surface area contributed by atoms with Gasteiger partial charge in [0, 0.05) is 0 Å². The standard InChI is InChI=1S/C15H34O3Si2/c1-9-20(10-2,11-3)18-14(12-16)13-17-19(7,8)15(4,5)6/h12,14H,9-11,13H2,1-8H3/t14-/m0/s1. The molecule has 20 heavy (non-hydrogen) atoms. The lowest BCUT2D eigenvalue weighted by Gasteiger charge is -2.38. The molecule has 0 aliphatic carbocycles. The average Bonchev–Trinajstić information content (AvgIpc) is 2.39. The van der Waals surface area contributed by atoms with E-state index in [1.807, 2.05) is 0 Å². The third kappa shape index (κ3) is 5.43. The molecule has 0 aliphatic rings. The van der Waals surface area contributed by atoms with E-state index in [1.165, 1.54) is 0 Å². The molecule has 3 nitrogen and oxygen atoms in total. The number of carbonyl (C=O) groups excluding carboxylic acids is 1. The SMILES string of the molecule is CC[Si](CC)(CC)O[C@@H](C=O)CO[Si](C)(C)C(C)(C)C. The molecule has 0 amide bonds. The molecule has 0 aromatic carbocycles. The van der Waals surface area contributed by atoms with Crippen LogP contribution >= 0.6 is 0 Å². The molecular weight excluding hydrogens is 284 g/mol. The maximum atomic E-state index is 11.3. The van der Waals surface area contributed by atoms with Gasteiger partial charge < -0.3 is 13.6 Å². The molecule has 0 heterocycles. The van der Waals surface area contributed by atoms with Gasteiger partial charge in [0.25, 0.3) is 0 Å². The Bertz CT molecular complexity index is 286. The smallest absolute Gasteiger partial charge is 0.193 e. The van der Waals surface area contributed by atoms with E-state index in [1.54, 1.807) is 0 Å². The Morgan fingerprint density at radius 1 is 1.05 bits per heavy atom. The van der Waals surface area contributed by atoms with Gasteiger partial charge in [-0.15, -0.1) is 0 Å². The van der Waals surface area contributed by atoms with Gasteiger partial charge in [-0.2, -0.15) is 0 Å². The maximum Gasteiger partial charge on any atom is 0.193 e. The van der Waals surface area contributed by atoms with Crippen molar-refractivity contribution < 1.29 is 13.6 Å². The molecule has 0 unspecified atom stereocenters. The summed E-state index contributed by atoms with van der Waals surface area (Å²) in [6.07, 6.45) is 0.534. The molecule has 0 saturated heterocycles. The van der Waals surface area contributed by atoms with Gasteiger partial charge in [-0.05, 0) is 36.3 Å². The van der Waals surface area contributed by atoms with E-state index >= 15 is 0 Å². The van der Waals surface area contributed by atoms with Crippen molar-refractivity contribution in [2.24, 2.45) is 0 Å². The fourth-order valence-corrected chi connectivity index (χ4v) is 5.71. The molecular formula is C15H34O3Si2. The van der Waals surface area contributed by atoms with Crippen molar-refractivity contribution in [1.29, 1.82) is 0 Å². The number of hydrogen-bond acceptors (Lipinski definition) is 3. The number of rotatable bonds is 9. The highest BCUT2D eigenvalue weighted by Gasteiger charge is 2.38. The molecule has 0 aromatic heterocycles. The average molecular weight is 319 g/mol. The topological polar surface area (TPSA) is 35.5 Å². The van der Waals surface area contributed by atoms with Crippen molar-refractivity contribution in [1.82, 2.24) is 0 Å². The van der Waals surface area contributed by atoms with Crippen LogP contribution in [0.5, 0.6) is 0 Å². The molecule has 0 N–H and O–H groups in total. The Morgan fingerprint density at radius 3 is 1.80 bits per heavy atom. The zero-order valence-electron chi connectivity index (χ0n) is 14.7. The van der Waals surface area contributed by atoms with E-state index in [0.29, 0.717) is 6.61 Å². The number of aldehydes is 1. The van der Waals surface area contributed by atoms with E-state index in [-0.39, 0.29) is 5.04 Å². The monoisotopic (exact) mass is 318 g/mol. The van der Waals surface area contributed by atoms with Crippen LogP contribution in [0.25, 0.3) is 0 Å². The van der Waals surface area contributed by atoms with E-state index in [0.717, 1.165) is 24.4 Å². The molecule has 0 aromatic rings. The van der Waals surface area contributed by atoms with E-state index in [9.17, 15) is 4.79 Å². The number of carbonyl (C=O) groups is 1. The summed E-state index contributed by atoms with van der Waals surface area (Å²) in [5, 5.41) is 0.162. The fourth-order valence-electron chi connectivity index (χ4n) is 1.93. The van der Waals surface area contributed by atoms with Crippen LogP contribution in [0.1, 0.15) is 41.5 Å². The van der Waals surface area contributed by atoms with Gasteiger partial charge >= 0.3 is 0 Å². The van der Waals surface area contributed by atoms with Gasteiger partial charge in [-0.3, -0.25) is 0 Å². The minimum atomic E-state index is -1.81. The third-order valence-electron chi connectivity index (χ3n) is 4.90. The first-order valence-corrected chi connectivity index (χ1v) is 13.3. The highest BCUT2D eigenvalue weighted by molar-refractivity contribution is 6.74. The fraction of sp³-hybridized carbons (Fsp3) is 0.933. The summed E-state index contributed by atoms with van der Waals surface area (Å²) in [4.78, 5) is 11.3. The molecule has 0 saturated carbocycles. The summed E-state index contributed by atoms with van der Waals surface area (Å²) in [5.41, 5.74) is 0. The van der Waals surface area contributed by atoms with Crippen LogP contribution in [0.3, 0.4) is 0 Å². The lowest BCUT2D eigenvalue weighted by atomic mass is 10.2. The second-order valence-electron chi connectivity index (χ2n) is 7.11. The highest BCUT2D eigenvalue weighted by atomic mass is 28.4. The molecule has 0 spiro atoms. The zero-order chi connectivity index (χ0) is 16.0. The molecule has 0 fully saturated rings. The van der Waals surface area contributed by atoms with Crippen LogP contribution in [0.2, 0.25) is 36.3 Å². The predicted octanol–water partition coefficient (Wildman–Crippen LogP) is 4.60. The van der Waals surface area contributed by atoms with Crippen molar-refractivity contribution in [3.63, 3.8) is 0 Å². The van der Waals surface area contributed by atoms with Crippen molar-refractivity contribution >= 4 is 22.9 Å². The molecule has 0 rings (SSSR count). The molecule has 5 heteroatoms. The Morgan fingerprint density at radius 2 is 1.50 bits per heavy atom. The first-order valence-electron chi connectivity index (χ1n) is 7.84. The van der Waals surface area contributed by atoms with Gasteiger partial charge in [-0.25, -0.2) is 0 Å². The zero-order valence-corrected chi connectivity index (χ0v) is 16.7. The summed E-state index contributed by atoms with van der Waals surface area (Å²) in [7, 11) is -3.55. The summed E-state index contributed by atoms with van der Waals surface area (Å²) in [5.74, 6) is 0. The first kappa shape index (κ1) is 20.0. The van der Waals surface area contributed by atoms with Gasteiger partial charge in [0.2, 0.25) is 0 Å². The van der Waals surface area contributed by atoms with Crippen molar-refractivity contribution in [3.8, 4) is 0 Å². The van der Waals surface area contributed by atoms with Crippen LogP contribution in [-0.2, 0) is 13.6 Å². The van der Waals surface area contributed by atoms with Crippen molar-refractivity contribution in [2.75, 3.05) is 6.61 Å². The normalized spacial score (nSPS) is 15.2. The first-order chi connectivity index (χ1) is 9.07. The van der Waals surface area contributed by atoms with Crippen LogP contribution in [-0.4, -0.2) is 35.6 Å².